The molecule has 0 aliphatic carbocycles. The van der Waals surface area contributed by atoms with E-state index in [0.29, 0.717) is 0 Å². The highest BCUT2D eigenvalue weighted by atomic mass is 16.8. The smallest absolute Gasteiger partial charge is 0.0847 e. The van der Waals surface area contributed by atoms with Gasteiger partial charge in [0.25, 0.3) is 0 Å². The van der Waals surface area contributed by atoms with Gasteiger partial charge in [-0.1, -0.05) is 5.28 Å². The molecule has 0 aliphatic heterocycles. The normalized spacial score (nSPS) is 12.6. The zero-order valence-corrected chi connectivity index (χ0v) is 7.36. The molecule has 0 saturated carbocycles. The summed E-state index contributed by atoms with van der Waals surface area (Å²) in [6, 6.07) is 0. The minimum atomic E-state index is -0.175. The Morgan fingerprint density at radius 2 is 1.50 bits per heavy atom. The van der Waals surface area contributed by atoms with E-state index in [1.807, 2.05) is 20.8 Å². The molecule has 0 amide bonds. The molecule has 4 heteroatoms. The van der Waals surface area contributed by atoms with E-state index in [-0.39, 0.29) is 5.60 Å². The highest BCUT2D eigenvalue weighted by Crippen LogP contribution is 2.06. The number of hydrazine groups is 2. The van der Waals surface area contributed by atoms with Crippen molar-refractivity contribution in [3.05, 3.63) is 0 Å². The van der Waals surface area contributed by atoms with Gasteiger partial charge in [0.2, 0.25) is 0 Å². The Morgan fingerprint density at radius 1 is 1.10 bits per heavy atom. The fourth-order valence-electron chi connectivity index (χ4n) is 0.477. The van der Waals surface area contributed by atoms with E-state index in [9.17, 15) is 0 Å². The maximum Gasteiger partial charge on any atom is 0.0847 e. The van der Waals surface area contributed by atoms with Crippen molar-refractivity contribution in [1.29, 1.82) is 0 Å². The fourth-order valence-corrected chi connectivity index (χ4v) is 0.477. The van der Waals surface area contributed by atoms with Crippen LogP contribution in [0, 0.1) is 0 Å². The molecule has 0 radical (unpaired) electrons. The predicted octanol–water partition coefficient (Wildman–Crippen LogP) is 0.287. The Hall–Kier alpha value is -0.160. The van der Waals surface area contributed by atoms with Crippen LogP contribution in [-0.2, 0) is 4.84 Å². The molecular weight excluding hydrogens is 130 g/mol. The standard InChI is InChI=1S/C6H17N3O/c1-6(2,3)10-9(7-4)8-5/h7-8H,1-5H3. The number of hydrogen-bond acceptors (Lipinski definition) is 4. The number of rotatable bonds is 3. The van der Waals surface area contributed by atoms with Crippen molar-refractivity contribution in [2.75, 3.05) is 14.1 Å². The molecule has 0 spiro atoms. The second kappa shape index (κ2) is 3.88. The minimum Gasteiger partial charge on any atom is -0.264 e. The summed E-state index contributed by atoms with van der Waals surface area (Å²) in [5, 5.41) is 1.46. The first-order valence-electron chi connectivity index (χ1n) is 3.33. The highest BCUT2D eigenvalue weighted by molar-refractivity contribution is 4.55. The summed E-state index contributed by atoms with van der Waals surface area (Å²) < 4.78 is 0. The lowest BCUT2D eigenvalue weighted by atomic mass is 10.2. The van der Waals surface area contributed by atoms with Crippen molar-refractivity contribution in [1.82, 2.24) is 16.1 Å². The molecule has 0 unspecified atom stereocenters. The van der Waals surface area contributed by atoms with Gasteiger partial charge in [-0.3, -0.25) is 4.84 Å². The zero-order chi connectivity index (χ0) is 8.20. The van der Waals surface area contributed by atoms with Gasteiger partial charge in [0.15, 0.2) is 0 Å². The van der Waals surface area contributed by atoms with Gasteiger partial charge in [-0.15, -0.1) is 0 Å². The summed E-state index contributed by atoms with van der Waals surface area (Å²) >= 11 is 0. The number of nitrogens with zero attached hydrogens (tertiary/aromatic N) is 1. The van der Waals surface area contributed by atoms with Crippen LogP contribution in [0.2, 0.25) is 0 Å². The van der Waals surface area contributed by atoms with Crippen molar-refractivity contribution in [2.24, 2.45) is 0 Å². The average Bonchev–Trinajstić information content (AvgIpc) is 1.81. The Balaban J connectivity index is 3.63. The van der Waals surface area contributed by atoms with E-state index < -0.39 is 0 Å². The number of nitrogens with one attached hydrogen (secondary N) is 2. The van der Waals surface area contributed by atoms with Gasteiger partial charge in [0, 0.05) is 14.1 Å². The van der Waals surface area contributed by atoms with Crippen LogP contribution < -0.4 is 10.9 Å². The van der Waals surface area contributed by atoms with Gasteiger partial charge in [-0.2, -0.15) is 0 Å². The largest absolute Gasteiger partial charge is 0.264 e. The molecule has 0 saturated heterocycles. The molecule has 0 aromatic carbocycles. The quantitative estimate of drug-likeness (QED) is 0.562. The van der Waals surface area contributed by atoms with Crippen LogP contribution in [-0.4, -0.2) is 25.0 Å². The summed E-state index contributed by atoms with van der Waals surface area (Å²) in [7, 11) is 3.56. The van der Waals surface area contributed by atoms with Crippen molar-refractivity contribution < 1.29 is 4.84 Å². The third-order valence-electron chi connectivity index (χ3n) is 0.771. The predicted molar refractivity (Wildman–Crippen MR) is 40.8 cm³/mol. The van der Waals surface area contributed by atoms with E-state index in [1.54, 1.807) is 14.1 Å². The van der Waals surface area contributed by atoms with E-state index in [4.69, 9.17) is 4.84 Å². The molecule has 0 rings (SSSR count). The Bertz CT molecular complexity index is 85.5. The molecular formula is C6H17N3O. The third-order valence-corrected chi connectivity index (χ3v) is 0.771. The van der Waals surface area contributed by atoms with Crippen LogP contribution in [0.4, 0.5) is 0 Å². The van der Waals surface area contributed by atoms with Crippen molar-refractivity contribution in [3.63, 3.8) is 0 Å². The first-order chi connectivity index (χ1) is 4.49. The van der Waals surface area contributed by atoms with Crippen molar-refractivity contribution in [3.8, 4) is 0 Å². The van der Waals surface area contributed by atoms with Crippen molar-refractivity contribution >= 4 is 0 Å². The monoisotopic (exact) mass is 147 g/mol. The van der Waals surface area contributed by atoms with Crippen molar-refractivity contribution in [2.45, 2.75) is 26.4 Å². The lowest BCUT2D eigenvalue weighted by molar-refractivity contribution is -0.280. The van der Waals surface area contributed by atoms with E-state index >= 15 is 0 Å². The maximum absolute atomic E-state index is 5.35. The van der Waals surface area contributed by atoms with Crippen LogP contribution >= 0.6 is 0 Å². The topological polar surface area (TPSA) is 36.5 Å². The second-order valence-electron chi connectivity index (χ2n) is 2.95. The van der Waals surface area contributed by atoms with Crippen LogP contribution in [0.5, 0.6) is 0 Å². The van der Waals surface area contributed by atoms with E-state index in [0.717, 1.165) is 0 Å². The van der Waals surface area contributed by atoms with Crippen LogP contribution in [0.25, 0.3) is 0 Å². The molecule has 2 N–H and O–H groups in total. The Kier molecular flexibility index (Phi) is 3.81. The lowest BCUT2D eigenvalue weighted by Crippen LogP contribution is -2.48. The first kappa shape index (κ1) is 9.84. The molecule has 62 valence electrons. The molecule has 0 heterocycles. The summed E-state index contributed by atoms with van der Waals surface area (Å²) in [5.41, 5.74) is 5.44. The van der Waals surface area contributed by atoms with Gasteiger partial charge >= 0.3 is 0 Å². The summed E-state index contributed by atoms with van der Waals surface area (Å²) in [6.45, 7) is 5.94. The first-order valence-corrected chi connectivity index (χ1v) is 3.33. The van der Waals surface area contributed by atoms with Gasteiger partial charge < -0.3 is 0 Å². The fraction of sp³-hybridized carbons (Fsp3) is 1.00. The minimum absolute atomic E-state index is 0.175. The van der Waals surface area contributed by atoms with Gasteiger partial charge in [-0.05, 0) is 20.8 Å². The molecule has 10 heavy (non-hydrogen) atoms. The lowest BCUT2D eigenvalue weighted by Gasteiger charge is -2.27. The SMILES string of the molecule is CNN(NC)OC(C)(C)C. The molecule has 0 aliphatic rings. The zero-order valence-electron chi connectivity index (χ0n) is 7.36. The molecule has 0 atom stereocenters. The summed E-state index contributed by atoms with van der Waals surface area (Å²) in [4.78, 5) is 5.35. The molecule has 0 aromatic heterocycles. The third kappa shape index (κ3) is 4.69. The summed E-state index contributed by atoms with van der Waals surface area (Å²) in [6.07, 6.45) is 0. The molecule has 4 nitrogen and oxygen atoms in total. The van der Waals surface area contributed by atoms with E-state index in [2.05, 4.69) is 10.9 Å². The molecule has 0 aromatic rings. The van der Waals surface area contributed by atoms with E-state index in [1.165, 1.54) is 5.28 Å². The molecule has 0 fully saturated rings. The van der Waals surface area contributed by atoms with Crippen LogP contribution in [0.3, 0.4) is 0 Å². The number of hydrogen-bond donors (Lipinski definition) is 2. The second-order valence-corrected chi connectivity index (χ2v) is 2.95. The Labute approximate surface area is 62.4 Å². The summed E-state index contributed by atoms with van der Waals surface area (Å²) in [5.74, 6) is 0. The Morgan fingerprint density at radius 3 is 1.60 bits per heavy atom. The van der Waals surface area contributed by atoms with Crippen LogP contribution in [0.15, 0.2) is 0 Å². The average molecular weight is 147 g/mol. The molecule has 0 bridgehead atoms. The maximum atomic E-state index is 5.35. The van der Waals surface area contributed by atoms with Gasteiger partial charge in [-0.25, -0.2) is 10.9 Å². The van der Waals surface area contributed by atoms with Gasteiger partial charge in [0.1, 0.15) is 0 Å². The highest BCUT2D eigenvalue weighted by Gasteiger charge is 2.14. The van der Waals surface area contributed by atoms with Gasteiger partial charge in [0.05, 0.1) is 5.60 Å². The van der Waals surface area contributed by atoms with Crippen LogP contribution in [0.1, 0.15) is 20.8 Å².